The maximum atomic E-state index is 11.8. The summed E-state index contributed by atoms with van der Waals surface area (Å²) < 4.78 is 10.8. The van der Waals surface area contributed by atoms with Crippen molar-refractivity contribution in [2.75, 3.05) is 13.7 Å². The number of pyridine rings is 1. The number of hydrogen-bond donors (Lipinski definition) is 1. The van der Waals surface area contributed by atoms with Crippen LogP contribution in [0.2, 0.25) is 5.02 Å². The monoisotopic (exact) mass is 282 g/mol. The standard InChI is InChI=1S/C13H13ClNO4/c1-3-19-13(16)10-7-15(17)11-5-4-8(18-2)6-9(11)12(10)14/h4-7,17H,3H2,1-2H3/q+1. The Morgan fingerprint density at radius 3 is 2.84 bits per heavy atom. The molecule has 1 aromatic heterocycles. The summed E-state index contributed by atoms with van der Waals surface area (Å²) in [5.74, 6) is -0.00423. The van der Waals surface area contributed by atoms with Crippen LogP contribution in [0.3, 0.4) is 0 Å². The maximum Gasteiger partial charge on any atom is 0.345 e. The van der Waals surface area contributed by atoms with Crippen molar-refractivity contribution in [2.24, 2.45) is 0 Å². The van der Waals surface area contributed by atoms with Crippen molar-refractivity contribution in [3.63, 3.8) is 0 Å². The minimum Gasteiger partial charge on any atom is -0.497 e. The van der Waals surface area contributed by atoms with Crippen molar-refractivity contribution in [3.8, 4) is 5.75 Å². The van der Waals surface area contributed by atoms with Crippen LogP contribution in [-0.2, 0) is 4.74 Å². The summed E-state index contributed by atoms with van der Waals surface area (Å²) in [6.07, 6.45) is 1.23. The lowest BCUT2D eigenvalue weighted by atomic mass is 10.1. The van der Waals surface area contributed by atoms with E-state index in [1.165, 1.54) is 13.3 Å². The summed E-state index contributed by atoms with van der Waals surface area (Å²) in [5.41, 5.74) is 0.575. The summed E-state index contributed by atoms with van der Waals surface area (Å²) in [5, 5.41) is 10.6. The van der Waals surface area contributed by atoms with Crippen molar-refractivity contribution in [1.82, 2.24) is 0 Å². The molecule has 0 fully saturated rings. The van der Waals surface area contributed by atoms with Crippen LogP contribution in [0.1, 0.15) is 17.3 Å². The highest BCUT2D eigenvalue weighted by molar-refractivity contribution is 6.38. The summed E-state index contributed by atoms with van der Waals surface area (Å²) >= 11 is 6.19. The molecule has 0 aliphatic rings. The molecular formula is C13H13ClNO4+. The van der Waals surface area contributed by atoms with E-state index in [0.29, 0.717) is 16.7 Å². The van der Waals surface area contributed by atoms with Gasteiger partial charge in [-0.25, -0.2) is 4.79 Å². The molecule has 2 rings (SSSR count). The Balaban J connectivity index is 2.68. The molecule has 0 aliphatic heterocycles. The molecule has 1 N–H and O–H groups in total. The highest BCUT2D eigenvalue weighted by Crippen LogP contribution is 2.28. The first-order valence-electron chi connectivity index (χ1n) is 5.66. The van der Waals surface area contributed by atoms with Gasteiger partial charge in [-0.15, -0.1) is 0 Å². The molecule has 19 heavy (non-hydrogen) atoms. The molecule has 0 amide bonds. The van der Waals surface area contributed by atoms with Gasteiger partial charge in [0, 0.05) is 10.8 Å². The van der Waals surface area contributed by atoms with Gasteiger partial charge in [0.05, 0.1) is 24.1 Å². The van der Waals surface area contributed by atoms with Crippen LogP contribution < -0.4 is 9.47 Å². The summed E-state index contributed by atoms with van der Waals surface area (Å²) in [7, 11) is 1.53. The lowest BCUT2D eigenvalue weighted by Gasteiger charge is -2.05. The van der Waals surface area contributed by atoms with Crippen LogP contribution in [0.4, 0.5) is 0 Å². The average molecular weight is 283 g/mol. The Morgan fingerprint density at radius 2 is 2.21 bits per heavy atom. The van der Waals surface area contributed by atoms with Crippen LogP contribution in [-0.4, -0.2) is 24.9 Å². The number of ether oxygens (including phenoxy) is 2. The number of methoxy groups -OCH3 is 1. The molecule has 5 nitrogen and oxygen atoms in total. The number of benzene rings is 1. The van der Waals surface area contributed by atoms with Crippen molar-refractivity contribution >= 4 is 28.5 Å². The fourth-order valence-corrected chi connectivity index (χ4v) is 2.04. The molecule has 2 aromatic rings. The SMILES string of the molecule is CCOC(=O)c1c[n+](O)c2ccc(OC)cc2c1Cl. The molecule has 0 spiro atoms. The predicted octanol–water partition coefficient (Wildman–Crippen LogP) is 2.20. The van der Waals surface area contributed by atoms with Gasteiger partial charge >= 0.3 is 5.97 Å². The minimum atomic E-state index is -0.583. The third kappa shape index (κ3) is 2.42. The smallest absolute Gasteiger partial charge is 0.345 e. The first-order chi connectivity index (χ1) is 9.08. The van der Waals surface area contributed by atoms with E-state index >= 15 is 0 Å². The van der Waals surface area contributed by atoms with Crippen LogP contribution in [0, 0.1) is 0 Å². The number of rotatable bonds is 3. The summed E-state index contributed by atoms with van der Waals surface area (Å²) in [4.78, 5) is 11.8. The molecule has 0 saturated heterocycles. The first kappa shape index (κ1) is 13.4. The fourth-order valence-electron chi connectivity index (χ4n) is 1.76. The Labute approximate surface area is 114 Å². The zero-order valence-electron chi connectivity index (χ0n) is 10.5. The van der Waals surface area contributed by atoms with Gasteiger partial charge in [0.1, 0.15) is 11.3 Å². The Hall–Kier alpha value is -2.01. The number of carbonyl (C=O) groups excluding carboxylic acids is 1. The van der Waals surface area contributed by atoms with Crippen LogP contribution in [0.5, 0.6) is 5.75 Å². The van der Waals surface area contributed by atoms with Gasteiger partial charge in [0.15, 0.2) is 0 Å². The number of fused-ring (bicyclic) bond motifs is 1. The number of esters is 1. The lowest BCUT2D eigenvalue weighted by molar-refractivity contribution is -0.884. The molecule has 100 valence electrons. The topological polar surface area (TPSA) is 59.6 Å². The van der Waals surface area contributed by atoms with Crippen molar-refractivity contribution in [1.29, 1.82) is 0 Å². The zero-order chi connectivity index (χ0) is 14.0. The molecule has 0 aliphatic carbocycles. The molecule has 0 bridgehead atoms. The molecule has 0 atom stereocenters. The van der Waals surface area contributed by atoms with E-state index in [1.54, 1.807) is 25.1 Å². The normalized spacial score (nSPS) is 10.5. The number of hydrogen-bond acceptors (Lipinski definition) is 4. The number of nitrogens with zero attached hydrogens (tertiary/aromatic N) is 1. The lowest BCUT2D eigenvalue weighted by Crippen LogP contribution is -2.32. The molecule has 0 unspecified atom stereocenters. The summed E-state index contributed by atoms with van der Waals surface area (Å²) in [6, 6.07) is 4.98. The minimum absolute atomic E-state index is 0.103. The molecule has 1 aromatic carbocycles. The molecule has 1 heterocycles. The maximum absolute atomic E-state index is 11.8. The largest absolute Gasteiger partial charge is 0.497 e. The Kier molecular flexibility index (Phi) is 3.76. The fraction of sp³-hybridized carbons (Fsp3) is 0.231. The second-order valence-corrected chi connectivity index (χ2v) is 4.18. The second kappa shape index (κ2) is 5.32. The highest BCUT2D eigenvalue weighted by atomic mass is 35.5. The Bertz CT molecular complexity index is 642. The number of halogens is 1. The van der Waals surface area contributed by atoms with E-state index in [2.05, 4.69) is 0 Å². The third-order valence-electron chi connectivity index (χ3n) is 2.67. The van der Waals surface area contributed by atoms with Gasteiger partial charge in [-0.05, 0) is 19.1 Å². The molecule has 6 heteroatoms. The van der Waals surface area contributed by atoms with E-state index < -0.39 is 5.97 Å². The zero-order valence-corrected chi connectivity index (χ0v) is 11.3. The quantitative estimate of drug-likeness (QED) is 0.533. The average Bonchev–Trinajstić information content (AvgIpc) is 2.42. The van der Waals surface area contributed by atoms with Gasteiger partial charge in [-0.2, -0.15) is 0 Å². The van der Waals surface area contributed by atoms with E-state index in [4.69, 9.17) is 21.1 Å². The van der Waals surface area contributed by atoms with Crippen molar-refractivity contribution < 1.29 is 24.2 Å². The third-order valence-corrected chi connectivity index (χ3v) is 3.08. The molecule has 0 radical (unpaired) electrons. The van der Waals surface area contributed by atoms with Gasteiger partial charge < -0.3 is 9.47 Å². The van der Waals surface area contributed by atoms with Crippen molar-refractivity contribution in [3.05, 3.63) is 35.0 Å². The Morgan fingerprint density at radius 1 is 1.47 bits per heavy atom. The number of aromatic nitrogens is 1. The van der Waals surface area contributed by atoms with E-state index in [9.17, 15) is 10.0 Å². The van der Waals surface area contributed by atoms with Crippen LogP contribution in [0.15, 0.2) is 24.4 Å². The van der Waals surface area contributed by atoms with E-state index in [0.717, 1.165) is 4.73 Å². The predicted molar refractivity (Wildman–Crippen MR) is 68.8 cm³/mol. The molecule has 0 saturated carbocycles. The van der Waals surface area contributed by atoms with Gasteiger partial charge in [0.2, 0.25) is 6.20 Å². The molecular weight excluding hydrogens is 270 g/mol. The van der Waals surface area contributed by atoms with Crippen LogP contribution in [0.25, 0.3) is 10.9 Å². The van der Waals surface area contributed by atoms with Gasteiger partial charge in [-0.3, -0.25) is 5.21 Å². The van der Waals surface area contributed by atoms with Crippen LogP contribution >= 0.6 is 11.6 Å². The van der Waals surface area contributed by atoms with E-state index in [-0.39, 0.29) is 17.2 Å². The summed E-state index contributed by atoms with van der Waals surface area (Å²) in [6.45, 7) is 1.93. The van der Waals surface area contributed by atoms with E-state index in [1.807, 2.05) is 0 Å². The van der Waals surface area contributed by atoms with Crippen molar-refractivity contribution in [2.45, 2.75) is 6.92 Å². The first-order valence-corrected chi connectivity index (χ1v) is 6.04. The van der Waals surface area contributed by atoms with Gasteiger partial charge in [-0.1, -0.05) is 11.6 Å². The highest BCUT2D eigenvalue weighted by Gasteiger charge is 2.23. The second-order valence-electron chi connectivity index (χ2n) is 3.80. The van der Waals surface area contributed by atoms with Gasteiger partial charge in [0.25, 0.3) is 5.52 Å². The number of carbonyl (C=O) groups is 1.